The quantitative estimate of drug-likeness (QED) is 0.649. The van der Waals surface area contributed by atoms with Crippen LogP contribution in [0.5, 0.6) is 0 Å². The van der Waals surface area contributed by atoms with Gasteiger partial charge in [-0.25, -0.2) is 4.79 Å². The normalized spacial score (nSPS) is 9.70. The third-order valence-electron chi connectivity index (χ3n) is 0.925. The molecule has 0 aliphatic heterocycles. The van der Waals surface area contributed by atoms with Gasteiger partial charge >= 0.3 is 5.97 Å². The van der Waals surface area contributed by atoms with Crippen LogP contribution in [0, 0.1) is 0 Å². The van der Waals surface area contributed by atoms with Gasteiger partial charge in [0.15, 0.2) is 5.22 Å². The molecule has 5 heteroatoms. The number of nitrogens with two attached hydrogens (primary N) is 1. The van der Waals surface area contributed by atoms with Crippen LogP contribution in [-0.2, 0) is 0 Å². The summed E-state index contributed by atoms with van der Waals surface area (Å²) in [4.78, 5) is 10.2. The zero-order chi connectivity index (χ0) is 7.72. The molecule has 0 bridgehead atoms. The molecule has 3 N–H and O–H groups in total. The van der Waals surface area contributed by atoms with Gasteiger partial charge in [0.25, 0.3) is 0 Å². The Morgan fingerprint density at radius 3 is 2.60 bits per heavy atom. The van der Waals surface area contributed by atoms with Crippen molar-refractivity contribution in [1.82, 2.24) is 0 Å². The zero-order valence-electron chi connectivity index (χ0n) is 4.80. The van der Waals surface area contributed by atoms with Crippen LogP contribution in [0.1, 0.15) is 10.6 Å². The Bertz CT molecular complexity index is 268. The number of nitrogen functional groups attached to an aromatic ring is 1. The van der Waals surface area contributed by atoms with Gasteiger partial charge in [-0.3, -0.25) is 0 Å². The number of aromatic carboxylic acids is 1. The number of carbonyl (C=O) groups is 1. The number of carboxylic acid groups (broad SMARTS) is 1. The van der Waals surface area contributed by atoms with Crippen molar-refractivity contribution in [1.29, 1.82) is 0 Å². The molecule has 4 nitrogen and oxygen atoms in total. The van der Waals surface area contributed by atoms with Crippen molar-refractivity contribution in [3.63, 3.8) is 0 Å². The smallest absolute Gasteiger partial charge is 0.374 e. The van der Waals surface area contributed by atoms with E-state index in [4.69, 9.17) is 22.4 Å². The molecule has 0 saturated heterocycles. The minimum atomic E-state index is -1.22. The van der Waals surface area contributed by atoms with E-state index in [0.717, 1.165) is 0 Å². The van der Waals surface area contributed by atoms with Gasteiger partial charge in [0.1, 0.15) is 0 Å². The molecule has 1 rings (SSSR count). The van der Waals surface area contributed by atoms with Gasteiger partial charge in [-0.1, -0.05) is 0 Å². The van der Waals surface area contributed by atoms with Crippen molar-refractivity contribution in [2.24, 2.45) is 0 Å². The van der Waals surface area contributed by atoms with Crippen LogP contribution in [-0.4, -0.2) is 11.1 Å². The van der Waals surface area contributed by atoms with Crippen molar-refractivity contribution in [3.8, 4) is 0 Å². The predicted octanol–water partition coefficient (Wildman–Crippen LogP) is 1.21. The monoisotopic (exact) mass is 161 g/mol. The van der Waals surface area contributed by atoms with Crippen LogP contribution < -0.4 is 5.73 Å². The Hall–Kier alpha value is -1.16. The number of hydrogen-bond donors (Lipinski definition) is 2. The third kappa shape index (κ3) is 1.06. The molecule has 0 radical (unpaired) electrons. The van der Waals surface area contributed by atoms with Crippen molar-refractivity contribution in [2.45, 2.75) is 0 Å². The lowest BCUT2D eigenvalue weighted by Gasteiger charge is -1.85. The van der Waals surface area contributed by atoms with Crippen LogP contribution in [0.4, 0.5) is 5.69 Å². The van der Waals surface area contributed by atoms with Crippen LogP contribution in [0.15, 0.2) is 10.5 Å². The Morgan fingerprint density at radius 2 is 2.40 bits per heavy atom. The summed E-state index contributed by atoms with van der Waals surface area (Å²) in [6.07, 6.45) is 0. The summed E-state index contributed by atoms with van der Waals surface area (Å²) in [5.74, 6) is -1.53. The van der Waals surface area contributed by atoms with E-state index in [9.17, 15) is 4.79 Å². The maximum Gasteiger partial charge on any atom is 0.374 e. The fraction of sp³-hybridized carbons (Fsp3) is 0. The molecule has 1 heterocycles. The maximum atomic E-state index is 10.2. The zero-order valence-corrected chi connectivity index (χ0v) is 5.55. The number of furan rings is 1. The largest absolute Gasteiger partial charge is 0.475 e. The SMILES string of the molecule is Nc1cc(Cl)oc1C(=O)O. The molecule has 0 aliphatic carbocycles. The first-order chi connectivity index (χ1) is 4.61. The molecule has 0 saturated carbocycles. The molecule has 0 aliphatic rings. The van der Waals surface area contributed by atoms with Crippen LogP contribution >= 0.6 is 11.6 Å². The third-order valence-corrected chi connectivity index (χ3v) is 1.11. The summed E-state index contributed by atoms with van der Waals surface area (Å²) in [7, 11) is 0. The molecule has 0 atom stereocenters. The lowest BCUT2D eigenvalue weighted by Crippen LogP contribution is -1.97. The highest BCUT2D eigenvalue weighted by Crippen LogP contribution is 2.21. The molecule has 1 aromatic heterocycles. The Balaban J connectivity index is 3.15. The minimum absolute atomic E-state index is 0.0186. The summed E-state index contributed by atoms with van der Waals surface area (Å²) >= 11 is 5.30. The summed E-state index contributed by atoms with van der Waals surface area (Å²) in [6.45, 7) is 0. The maximum absolute atomic E-state index is 10.2. The second-order valence-corrected chi connectivity index (χ2v) is 2.01. The molecule has 54 valence electrons. The lowest BCUT2D eigenvalue weighted by atomic mass is 10.4. The first kappa shape index (κ1) is 6.95. The molecular weight excluding hydrogens is 158 g/mol. The number of hydrogen-bond acceptors (Lipinski definition) is 3. The van der Waals surface area contributed by atoms with E-state index in [1.807, 2.05) is 0 Å². The van der Waals surface area contributed by atoms with Crippen molar-refractivity contribution >= 4 is 23.3 Å². The molecule has 10 heavy (non-hydrogen) atoms. The molecule has 0 spiro atoms. The Labute approximate surface area is 61.2 Å². The van der Waals surface area contributed by atoms with Gasteiger partial charge in [0, 0.05) is 6.07 Å². The fourth-order valence-electron chi connectivity index (χ4n) is 0.541. The van der Waals surface area contributed by atoms with E-state index in [1.54, 1.807) is 0 Å². The number of halogens is 1. The standard InChI is InChI=1S/C5H4ClNO3/c6-3-1-2(7)4(10-3)5(8)9/h1H,7H2,(H,8,9). The lowest BCUT2D eigenvalue weighted by molar-refractivity contribution is 0.0664. The first-order valence-corrected chi connectivity index (χ1v) is 2.77. The van der Waals surface area contributed by atoms with Crippen LogP contribution in [0.25, 0.3) is 0 Å². The van der Waals surface area contributed by atoms with Gasteiger partial charge < -0.3 is 15.3 Å². The fourth-order valence-corrected chi connectivity index (χ4v) is 0.736. The Morgan fingerprint density at radius 1 is 1.80 bits per heavy atom. The van der Waals surface area contributed by atoms with Crippen LogP contribution in [0.3, 0.4) is 0 Å². The summed E-state index contributed by atoms with van der Waals surface area (Å²) in [5.41, 5.74) is 5.22. The topological polar surface area (TPSA) is 76.5 Å². The van der Waals surface area contributed by atoms with Crippen LogP contribution in [0.2, 0.25) is 5.22 Å². The van der Waals surface area contributed by atoms with Gasteiger partial charge in [-0.05, 0) is 11.6 Å². The molecule has 0 unspecified atom stereocenters. The van der Waals surface area contributed by atoms with E-state index in [1.165, 1.54) is 6.07 Å². The van der Waals surface area contributed by atoms with E-state index in [0.29, 0.717) is 0 Å². The van der Waals surface area contributed by atoms with Crippen molar-refractivity contribution < 1.29 is 14.3 Å². The molecule has 0 fully saturated rings. The average Bonchev–Trinajstić information content (AvgIpc) is 2.10. The average molecular weight is 162 g/mol. The van der Waals surface area contributed by atoms with Crippen molar-refractivity contribution in [3.05, 3.63) is 17.0 Å². The van der Waals surface area contributed by atoms with Crippen molar-refractivity contribution in [2.75, 3.05) is 5.73 Å². The molecule has 0 amide bonds. The second-order valence-electron chi connectivity index (χ2n) is 1.64. The van der Waals surface area contributed by atoms with Gasteiger partial charge in [0.2, 0.25) is 5.76 Å². The van der Waals surface area contributed by atoms with Gasteiger partial charge in [-0.2, -0.15) is 0 Å². The number of carboxylic acids is 1. The molecule has 1 aromatic rings. The highest BCUT2D eigenvalue weighted by atomic mass is 35.5. The van der Waals surface area contributed by atoms with Gasteiger partial charge in [0.05, 0.1) is 5.69 Å². The highest BCUT2D eigenvalue weighted by Gasteiger charge is 2.13. The predicted molar refractivity (Wildman–Crippen MR) is 35.1 cm³/mol. The van der Waals surface area contributed by atoms with E-state index >= 15 is 0 Å². The summed E-state index contributed by atoms with van der Waals surface area (Å²) < 4.78 is 4.52. The second kappa shape index (κ2) is 2.22. The number of rotatable bonds is 1. The molecule has 0 aromatic carbocycles. The number of anilines is 1. The van der Waals surface area contributed by atoms with E-state index in [-0.39, 0.29) is 16.7 Å². The van der Waals surface area contributed by atoms with Gasteiger partial charge in [-0.15, -0.1) is 0 Å². The Kier molecular flexibility index (Phi) is 1.55. The molecular formula is C5H4ClNO3. The minimum Gasteiger partial charge on any atom is -0.475 e. The summed E-state index contributed by atoms with van der Waals surface area (Å²) in [6, 6.07) is 1.24. The van der Waals surface area contributed by atoms with E-state index in [2.05, 4.69) is 4.42 Å². The highest BCUT2D eigenvalue weighted by molar-refractivity contribution is 6.29. The first-order valence-electron chi connectivity index (χ1n) is 2.39. The summed E-state index contributed by atoms with van der Waals surface area (Å²) in [5, 5.41) is 8.33. The van der Waals surface area contributed by atoms with E-state index < -0.39 is 5.97 Å².